The molecule has 1 rings (SSSR count). The van der Waals surface area contributed by atoms with Crippen LogP contribution in [0.2, 0.25) is 0 Å². The molecule has 1 heteroatoms. The number of nitrogens with one attached hydrogen (secondary N) is 1. The van der Waals surface area contributed by atoms with Gasteiger partial charge in [-0.05, 0) is 31.2 Å². The highest BCUT2D eigenvalue weighted by atomic mass is 14.9. The maximum atomic E-state index is 3.56. The van der Waals surface area contributed by atoms with Crippen molar-refractivity contribution in [3.63, 3.8) is 0 Å². The van der Waals surface area contributed by atoms with Crippen molar-refractivity contribution in [2.45, 2.75) is 46.1 Å². The van der Waals surface area contributed by atoms with Crippen LogP contribution in [0.25, 0.3) is 0 Å². The summed E-state index contributed by atoms with van der Waals surface area (Å²) in [7, 11) is 0. The quantitative estimate of drug-likeness (QED) is 0.660. The molecule has 0 heterocycles. The van der Waals surface area contributed by atoms with Gasteiger partial charge in [0.1, 0.15) is 0 Å². The highest BCUT2D eigenvalue weighted by Crippen LogP contribution is 2.33. The molecule has 1 N–H and O–H groups in total. The number of rotatable bonds is 3. The standard InChI is InChI=1S/C10H21N/c1-4-9-6-7-10(8(9)3)11-5-2/h8-11H,4-7H2,1-3H3. The predicted molar refractivity (Wildman–Crippen MR) is 49.6 cm³/mol. The fourth-order valence-electron chi connectivity index (χ4n) is 2.37. The largest absolute Gasteiger partial charge is 0.314 e. The monoisotopic (exact) mass is 155 g/mol. The first kappa shape index (κ1) is 9.05. The van der Waals surface area contributed by atoms with Gasteiger partial charge in [-0.15, -0.1) is 0 Å². The summed E-state index contributed by atoms with van der Waals surface area (Å²) in [6.07, 6.45) is 4.20. The van der Waals surface area contributed by atoms with E-state index >= 15 is 0 Å². The van der Waals surface area contributed by atoms with E-state index in [9.17, 15) is 0 Å². The van der Waals surface area contributed by atoms with Crippen LogP contribution in [-0.2, 0) is 0 Å². The van der Waals surface area contributed by atoms with Gasteiger partial charge in [-0.2, -0.15) is 0 Å². The Labute approximate surface area is 70.6 Å². The third-order valence-electron chi connectivity index (χ3n) is 3.22. The Kier molecular flexibility index (Phi) is 3.38. The van der Waals surface area contributed by atoms with Gasteiger partial charge in [0, 0.05) is 6.04 Å². The van der Waals surface area contributed by atoms with E-state index in [2.05, 4.69) is 26.1 Å². The zero-order chi connectivity index (χ0) is 8.27. The van der Waals surface area contributed by atoms with Crippen LogP contribution in [0.15, 0.2) is 0 Å². The molecule has 66 valence electrons. The molecule has 0 radical (unpaired) electrons. The molecule has 11 heavy (non-hydrogen) atoms. The van der Waals surface area contributed by atoms with Crippen molar-refractivity contribution in [3.8, 4) is 0 Å². The highest BCUT2D eigenvalue weighted by molar-refractivity contribution is 4.85. The Hall–Kier alpha value is -0.0400. The Morgan fingerprint density at radius 1 is 1.27 bits per heavy atom. The van der Waals surface area contributed by atoms with Crippen LogP contribution in [-0.4, -0.2) is 12.6 Å². The molecule has 1 nitrogen and oxygen atoms in total. The van der Waals surface area contributed by atoms with Crippen LogP contribution in [0.4, 0.5) is 0 Å². The Bertz CT molecular complexity index is 111. The van der Waals surface area contributed by atoms with Crippen molar-refractivity contribution < 1.29 is 0 Å². The second-order valence-electron chi connectivity index (χ2n) is 3.77. The predicted octanol–water partition coefficient (Wildman–Crippen LogP) is 2.42. The fourth-order valence-corrected chi connectivity index (χ4v) is 2.37. The maximum Gasteiger partial charge on any atom is 0.00953 e. The zero-order valence-electron chi connectivity index (χ0n) is 8.06. The molecule has 1 aliphatic carbocycles. The van der Waals surface area contributed by atoms with Crippen LogP contribution < -0.4 is 5.32 Å². The SMILES string of the molecule is CCNC1CCC(CC)C1C. The number of hydrogen-bond acceptors (Lipinski definition) is 1. The Balaban J connectivity index is 2.35. The van der Waals surface area contributed by atoms with E-state index in [0.29, 0.717) is 0 Å². The lowest BCUT2D eigenvalue weighted by molar-refractivity contribution is 0.349. The lowest BCUT2D eigenvalue weighted by atomic mass is 9.93. The van der Waals surface area contributed by atoms with Crippen molar-refractivity contribution in [1.29, 1.82) is 0 Å². The lowest BCUT2D eigenvalue weighted by Crippen LogP contribution is -2.32. The van der Waals surface area contributed by atoms with Gasteiger partial charge < -0.3 is 5.32 Å². The van der Waals surface area contributed by atoms with E-state index in [1.807, 2.05) is 0 Å². The molecule has 0 aromatic carbocycles. The molecule has 0 spiro atoms. The van der Waals surface area contributed by atoms with Gasteiger partial charge >= 0.3 is 0 Å². The first-order valence-electron chi connectivity index (χ1n) is 5.03. The average Bonchev–Trinajstić information content (AvgIpc) is 2.34. The van der Waals surface area contributed by atoms with Crippen molar-refractivity contribution in [2.24, 2.45) is 11.8 Å². The van der Waals surface area contributed by atoms with Gasteiger partial charge in [-0.25, -0.2) is 0 Å². The molecule has 1 saturated carbocycles. The molecule has 1 fully saturated rings. The van der Waals surface area contributed by atoms with Gasteiger partial charge in [0.2, 0.25) is 0 Å². The van der Waals surface area contributed by atoms with Gasteiger partial charge in [-0.3, -0.25) is 0 Å². The van der Waals surface area contributed by atoms with Crippen LogP contribution in [0.3, 0.4) is 0 Å². The molecule has 0 amide bonds. The van der Waals surface area contributed by atoms with E-state index in [-0.39, 0.29) is 0 Å². The van der Waals surface area contributed by atoms with Gasteiger partial charge in [0.15, 0.2) is 0 Å². The second kappa shape index (κ2) is 4.10. The van der Waals surface area contributed by atoms with Crippen molar-refractivity contribution >= 4 is 0 Å². The molecule has 0 saturated heterocycles. The van der Waals surface area contributed by atoms with E-state index in [4.69, 9.17) is 0 Å². The van der Waals surface area contributed by atoms with Crippen molar-refractivity contribution in [3.05, 3.63) is 0 Å². The summed E-state index contributed by atoms with van der Waals surface area (Å²) in [5.74, 6) is 1.89. The Morgan fingerprint density at radius 3 is 2.45 bits per heavy atom. The van der Waals surface area contributed by atoms with Crippen LogP contribution >= 0.6 is 0 Å². The topological polar surface area (TPSA) is 12.0 Å². The summed E-state index contributed by atoms with van der Waals surface area (Å²) in [5.41, 5.74) is 0. The van der Waals surface area contributed by atoms with Crippen LogP contribution in [0.1, 0.15) is 40.0 Å². The molecular weight excluding hydrogens is 134 g/mol. The van der Waals surface area contributed by atoms with Gasteiger partial charge in [0.05, 0.1) is 0 Å². The van der Waals surface area contributed by atoms with E-state index in [1.54, 1.807) is 0 Å². The second-order valence-corrected chi connectivity index (χ2v) is 3.77. The van der Waals surface area contributed by atoms with E-state index < -0.39 is 0 Å². The summed E-state index contributed by atoms with van der Waals surface area (Å²) in [6, 6.07) is 0.810. The third-order valence-corrected chi connectivity index (χ3v) is 3.22. The van der Waals surface area contributed by atoms with Crippen molar-refractivity contribution in [1.82, 2.24) is 5.32 Å². The van der Waals surface area contributed by atoms with Crippen molar-refractivity contribution in [2.75, 3.05) is 6.54 Å². The zero-order valence-corrected chi connectivity index (χ0v) is 8.06. The fraction of sp³-hybridized carbons (Fsp3) is 1.00. The summed E-state index contributed by atoms with van der Waals surface area (Å²) in [5, 5.41) is 3.56. The molecule has 1 aliphatic rings. The molecular formula is C10H21N. The molecule has 0 aromatic heterocycles. The molecule has 3 unspecified atom stereocenters. The molecule has 3 atom stereocenters. The minimum absolute atomic E-state index is 0.810. The molecule has 0 aromatic rings. The number of hydrogen-bond donors (Lipinski definition) is 1. The van der Waals surface area contributed by atoms with Gasteiger partial charge in [0.25, 0.3) is 0 Å². The first-order valence-corrected chi connectivity index (χ1v) is 5.03. The summed E-state index contributed by atoms with van der Waals surface area (Å²) in [4.78, 5) is 0. The maximum absolute atomic E-state index is 3.56. The highest BCUT2D eigenvalue weighted by Gasteiger charge is 2.30. The summed E-state index contributed by atoms with van der Waals surface area (Å²) < 4.78 is 0. The minimum atomic E-state index is 0.810. The lowest BCUT2D eigenvalue weighted by Gasteiger charge is -2.19. The minimum Gasteiger partial charge on any atom is -0.314 e. The van der Waals surface area contributed by atoms with Crippen LogP contribution in [0.5, 0.6) is 0 Å². The Morgan fingerprint density at radius 2 is 2.00 bits per heavy atom. The van der Waals surface area contributed by atoms with Gasteiger partial charge in [-0.1, -0.05) is 27.2 Å². The van der Waals surface area contributed by atoms with E-state index in [0.717, 1.165) is 24.4 Å². The smallest absolute Gasteiger partial charge is 0.00953 e. The summed E-state index contributed by atoms with van der Waals surface area (Å²) in [6.45, 7) is 8.04. The van der Waals surface area contributed by atoms with E-state index in [1.165, 1.54) is 19.3 Å². The molecule has 0 bridgehead atoms. The molecule has 0 aliphatic heterocycles. The normalized spacial score (nSPS) is 37.9. The third kappa shape index (κ3) is 1.96. The summed E-state index contributed by atoms with van der Waals surface area (Å²) >= 11 is 0. The average molecular weight is 155 g/mol. The van der Waals surface area contributed by atoms with Crippen LogP contribution in [0, 0.1) is 11.8 Å². The first-order chi connectivity index (χ1) is 5.29.